The van der Waals surface area contributed by atoms with E-state index in [-0.39, 0.29) is 42.2 Å². The van der Waals surface area contributed by atoms with E-state index in [2.05, 4.69) is 21.3 Å². The molecule has 0 radical (unpaired) electrons. The van der Waals surface area contributed by atoms with Crippen LogP contribution in [-0.2, 0) is 30.3 Å². The molecule has 5 amide bonds. The third kappa shape index (κ3) is 13.1. The van der Waals surface area contributed by atoms with Crippen LogP contribution >= 0.6 is 0 Å². The summed E-state index contributed by atoms with van der Waals surface area (Å²) in [4.78, 5) is 64.3. The number of anilines is 2. The largest absolute Gasteiger partial charge is 0.482 e. The van der Waals surface area contributed by atoms with Gasteiger partial charge in [-0.25, -0.2) is 0 Å². The smallest absolute Gasteiger partial charge is 0.262 e. The fraction of sp³-hybridized carbons (Fsp3) is 0.425. The van der Waals surface area contributed by atoms with E-state index in [1.165, 1.54) is 0 Å². The molecule has 5 rings (SSSR count). The summed E-state index contributed by atoms with van der Waals surface area (Å²) in [7, 11) is 0. The zero-order valence-electron chi connectivity index (χ0n) is 31.4. The first-order valence-electron chi connectivity index (χ1n) is 18.8. The van der Waals surface area contributed by atoms with Gasteiger partial charge in [-0.1, -0.05) is 12.1 Å². The van der Waals surface area contributed by atoms with Crippen LogP contribution in [0, 0.1) is 0 Å². The van der Waals surface area contributed by atoms with Gasteiger partial charge in [0.05, 0.1) is 51.4 Å². The second-order valence-corrected chi connectivity index (χ2v) is 13.4. The van der Waals surface area contributed by atoms with Crippen LogP contribution in [-0.4, -0.2) is 112 Å². The third-order valence-electron chi connectivity index (χ3n) is 8.96. The van der Waals surface area contributed by atoms with E-state index in [1.54, 1.807) is 54.6 Å². The lowest BCUT2D eigenvalue weighted by molar-refractivity contribution is -0.122. The monoisotopic (exact) mass is 773 g/mol. The lowest BCUT2D eigenvalue weighted by Crippen LogP contribution is -2.42. The van der Waals surface area contributed by atoms with Crippen molar-refractivity contribution >= 4 is 40.9 Å². The molecule has 3 aromatic rings. The van der Waals surface area contributed by atoms with Crippen molar-refractivity contribution in [3.63, 3.8) is 0 Å². The number of carbonyl (C=O) groups is 5. The molecule has 300 valence electrons. The molecule has 1 aliphatic carbocycles. The predicted octanol–water partition coefficient (Wildman–Crippen LogP) is 2.04. The highest BCUT2D eigenvalue weighted by Gasteiger charge is 2.33. The molecule has 8 N–H and O–H groups in total. The van der Waals surface area contributed by atoms with Crippen molar-refractivity contribution in [3.05, 3.63) is 89.0 Å². The summed E-state index contributed by atoms with van der Waals surface area (Å²) in [5, 5.41) is 11.1. The van der Waals surface area contributed by atoms with Crippen molar-refractivity contribution in [2.75, 3.05) is 76.5 Å². The van der Waals surface area contributed by atoms with Crippen LogP contribution in [0.2, 0.25) is 0 Å². The average molecular weight is 774 g/mol. The maximum absolute atomic E-state index is 13.5. The van der Waals surface area contributed by atoms with E-state index in [1.807, 2.05) is 17.0 Å². The first-order chi connectivity index (χ1) is 27.2. The molecular formula is C40H51N7O9. The number of hydrogen-bond acceptors (Lipinski definition) is 11. The van der Waals surface area contributed by atoms with E-state index in [9.17, 15) is 24.0 Å². The van der Waals surface area contributed by atoms with Gasteiger partial charge in [0.2, 0.25) is 5.91 Å². The van der Waals surface area contributed by atoms with Crippen molar-refractivity contribution in [1.29, 1.82) is 0 Å². The molecule has 1 aliphatic heterocycles. The number of hydrogen-bond donors (Lipinski definition) is 6. The molecule has 1 atom stereocenters. The van der Waals surface area contributed by atoms with E-state index in [0.29, 0.717) is 112 Å². The molecule has 0 spiro atoms. The lowest BCUT2D eigenvalue weighted by atomic mass is 10.1. The molecule has 3 aromatic carbocycles. The van der Waals surface area contributed by atoms with Gasteiger partial charge in [-0.15, -0.1) is 0 Å². The van der Waals surface area contributed by atoms with Crippen LogP contribution in [0.4, 0.5) is 11.4 Å². The van der Waals surface area contributed by atoms with Gasteiger partial charge in [0.25, 0.3) is 23.6 Å². The molecule has 1 unspecified atom stereocenters. The van der Waals surface area contributed by atoms with Gasteiger partial charge in [-0.05, 0) is 92.4 Å². The Morgan fingerprint density at radius 2 is 1.41 bits per heavy atom. The van der Waals surface area contributed by atoms with Crippen molar-refractivity contribution < 1.29 is 42.9 Å². The Labute approximate surface area is 325 Å². The first-order valence-corrected chi connectivity index (χ1v) is 18.8. The highest BCUT2D eigenvalue weighted by atomic mass is 16.5. The maximum Gasteiger partial charge on any atom is 0.262 e. The van der Waals surface area contributed by atoms with Crippen molar-refractivity contribution in [3.8, 4) is 5.75 Å². The highest BCUT2D eigenvalue weighted by Crippen LogP contribution is 2.33. The van der Waals surface area contributed by atoms with Crippen LogP contribution in [0.15, 0.2) is 66.7 Å². The van der Waals surface area contributed by atoms with Crippen LogP contribution in [0.1, 0.15) is 62.3 Å². The zero-order valence-corrected chi connectivity index (χ0v) is 31.4. The Morgan fingerprint density at radius 1 is 0.804 bits per heavy atom. The number of carbonyl (C=O) groups excluding carboxylic acids is 5. The summed E-state index contributed by atoms with van der Waals surface area (Å²) in [6.45, 7) is 3.65. The minimum Gasteiger partial charge on any atom is -0.482 e. The molecule has 1 fully saturated rings. The predicted molar refractivity (Wildman–Crippen MR) is 208 cm³/mol. The molecule has 16 heteroatoms. The molecule has 2 aliphatic rings. The number of benzene rings is 3. The Hall–Kier alpha value is -5.39. The Bertz CT molecular complexity index is 1790. The van der Waals surface area contributed by atoms with Gasteiger partial charge in [0.15, 0.2) is 6.61 Å². The molecule has 0 saturated heterocycles. The van der Waals surface area contributed by atoms with Crippen molar-refractivity contribution in [2.24, 2.45) is 11.5 Å². The Kier molecular flexibility index (Phi) is 16.1. The first kappa shape index (κ1) is 41.8. The fourth-order valence-electron chi connectivity index (χ4n) is 5.72. The Morgan fingerprint density at radius 3 is 2.07 bits per heavy atom. The third-order valence-corrected chi connectivity index (χ3v) is 8.96. The van der Waals surface area contributed by atoms with Gasteiger partial charge in [-0.2, -0.15) is 0 Å². The summed E-state index contributed by atoms with van der Waals surface area (Å²) in [5.74, 6) is -0.673. The van der Waals surface area contributed by atoms with Crippen LogP contribution in [0.5, 0.6) is 5.75 Å². The number of ether oxygens (including phenoxy) is 4. The number of amides is 5. The molecule has 1 heterocycles. The normalized spacial score (nSPS) is 13.8. The molecule has 16 nitrogen and oxygen atoms in total. The summed E-state index contributed by atoms with van der Waals surface area (Å²) in [5.41, 5.74) is 14.5. The number of nitrogens with zero attached hydrogens (tertiary/aromatic N) is 1. The number of fused-ring (bicyclic) bond motifs is 1. The summed E-state index contributed by atoms with van der Waals surface area (Å²) < 4.78 is 21.9. The molecule has 0 aromatic heterocycles. The van der Waals surface area contributed by atoms with E-state index >= 15 is 0 Å². The Balaban J connectivity index is 0.938. The molecule has 1 saturated carbocycles. The van der Waals surface area contributed by atoms with Gasteiger partial charge in [0, 0.05) is 48.1 Å². The van der Waals surface area contributed by atoms with Crippen LogP contribution < -0.4 is 37.5 Å². The second-order valence-electron chi connectivity index (χ2n) is 13.4. The van der Waals surface area contributed by atoms with Crippen molar-refractivity contribution in [1.82, 2.24) is 15.5 Å². The molecule has 56 heavy (non-hydrogen) atoms. The summed E-state index contributed by atoms with van der Waals surface area (Å²) >= 11 is 0. The van der Waals surface area contributed by atoms with Crippen LogP contribution in [0.3, 0.4) is 0 Å². The zero-order chi connectivity index (χ0) is 39.7. The summed E-state index contributed by atoms with van der Waals surface area (Å²) in [6, 6.07) is 18.3. The highest BCUT2D eigenvalue weighted by molar-refractivity contribution is 6.04. The van der Waals surface area contributed by atoms with Crippen LogP contribution in [0.25, 0.3) is 0 Å². The van der Waals surface area contributed by atoms with E-state index in [0.717, 1.165) is 18.4 Å². The number of nitrogens with two attached hydrogens (primary N) is 2. The van der Waals surface area contributed by atoms with Gasteiger partial charge >= 0.3 is 0 Å². The van der Waals surface area contributed by atoms with Gasteiger partial charge < -0.3 is 56.6 Å². The minimum atomic E-state index is -0.558. The quantitative estimate of drug-likeness (QED) is 0.0765. The van der Waals surface area contributed by atoms with Crippen molar-refractivity contribution in [2.45, 2.75) is 44.3 Å². The SMILES string of the molecule is NCCCC(N)C(=O)NCCOCCOCCOCCNC(=O)c1ccc(NC(=O)c2ccc(CN(C(=O)c3ccc4c(c3)OCC(=O)N4)C3CC3)cc2)cc1. The lowest BCUT2D eigenvalue weighted by Gasteiger charge is -2.24. The fourth-order valence-corrected chi connectivity index (χ4v) is 5.72. The van der Waals surface area contributed by atoms with Gasteiger partial charge in [-0.3, -0.25) is 24.0 Å². The topological polar surface area (TPSA) is 226 Å². The van der Waals surface area contributed by atoms with Gasteiger partial charge in [0.1, 0.15) is 5.75 Å². The molecule has 0 bridgehead atoms. The maximum atomic E-state index is 13.5. The summed E-state index contributed by atoms with van der Waals surface area (Å²) in [6.07, 6.45) is 3.10. The standard InChI is InChI=1S/C40H51N7O9/c41-15-1-2-33(42)39(51)44-17-19-54-21-23-55-22-20-53-18-16-43-37(49)28-7-10-31(11-8-28)45-38(50)29-5-3-27(4-6-29)25-47(32-12-13-32)40(52)30-9-14-34-35(24-30)56-26-36(48)46-34/h3-11,14,24,32-33H,1-2,12-13,15-23,25-26,41-42H2,(H,43,49)(H,44,51)(H,45,50)(H,46,48). The van der Waals surface area contributed by atoms with E-state index in [4.69, 9.17) is 30.4 Å². The second kappa shape index (κ2) is 21.6. The average Bonchev–Trinajstić information content (AvgIpc) is 4.06. The number of rotatable bonds is 23. The number of nitrogens with one attached hydrogen (secondary N) is 4. The molecular weight excluding hydrogens is 722 g/mol. The minimum absolute atomic E-state index is 0.0887. The van der Waals surface area contributed by atoms with E-state index < -0.39 is 6.04 Å².